The smallest absolute Gasteiger partial charge is 0 e. The number of methoxy groups -OCH3 is 4. The van der Waals surface area contributed by atoms with Crippen molar-refractivity contribution in [3.05, 3.63) is 107 Å². The number of aliphatic hydroxyl groups excluding tert-OH is 2. The third kappa shape index (κ3) is 11.1. The second-order valence-corrected chi connectivity index (χ2v) is 33.8. The summed E-state index contributed by atoms with van der Waals surface area (Å²) in [5.74, 6) is -2.80. The van der Waals surface area contributed by atoms with Crippen molar-refractivity contribution < 1.29 is 125 Å². The van der Waals surface area contributed by atoms with E-state index >= 15 is 0 Å². The van der Waals surface area contributed by atoms with Crippen molar-refractivity contribution in [1.29, 1.82) is 0 Å². The summed E-state index contributed by atoms with van der Waals surface area (Å²) in [7, 11) is -0.359. The summed E-state index contributed by atoms with van der Waals surface area (Å²) in [4.78, 5) is 25.8. The number of rotatable bonds is 13. The quantitative estimate of drug-likeness (QED) is 0.0599. The third-order valence-electron chi connectivity index (χ3n) is 12.5. The number of carbonyl (C=O) groups excluding carboxylic acids is 2. The normalized spacial score (nSPS) is 20.5. The van der Waals surface area contributed by atoms with Crippen molar-refractivity contribution in [2.45, 2.75) is 30.6 Å². The zero-order valence-electron chi connectivity index (χ0n) is 38.5. The monoisotopic (exact) mass is 1400 g/mol. The molecule has 4 aromatic carbocycles. The maximum atomic E-state index is 13.3. The van der Waals surface area contributed by atoms with Crippen LogP contribution in [0, 0.1) is 23.7 Å². The van der Waals surface area contributed by atoms with Crippen LogP contribution in [0.4, 0.5) is 13.2 Å². The Labute approximate surface area is 453 Å². The Bertz CT molecular complexity index is 2780. The number of halogens is 6. The van der Waals surface area contributed by atoms with Crippen molar-refractivity contribution in [2.24, 2.45) is 23.7 Å². The summed E-state index contributed by atoms with van der Waals surface area (Å²) in [5, 5.41) is 19.9. The summed E-state index contributed by atoms with van der Waals surface area (Å²) in [6.45, 7) is 7.37. The molecule has 4 aromatic rings. The van der Waals surface area contributed by atoms with Crippen molar-refractivity contribution in [2.75, 3.05) is 55.2 Å². The SMILES string of the molecule is C=C1c2cc3c(cc2C(c2cc(CO)c(OC)c(OC)c2)[C@@H]2C(=O)OC[C@H]12)OCO3.C=C[C@H]1COC(=O)C1C(c1cc(CO)c(OC)c(OC)c1)c1cc2c(cc1OS(=O)(=O)C(F)(F)F)OCO2.I[I-]I.[V]. The summed E-state index contributed by atoms with van der Waals surface area (Å²) < 4.78 is 123. The van der Waals surface area contributed by atoms with E-state index in [1.165, 1.54) is 45.6 Å². The van der Waals surface area contributed by atoms with Crippen molar-refractivity contribution in [3.8, 4) is 51.7 Å². The van der Waals surface area contributed by atoms with Crippen LogP contribution in [0.25, 0.3) is 5.57 Å². The number of aliphatic hydroxyl groups is 2. The third-order valence-corrected chi connectivity index (χ3v) is 13.5. The van der Waals surface area contributed by atoms with Crippen molar-refractivity contribution in [1.82, 2.24) is 0 Å². The molecule has 0 amide bonds. The summed E-state index contributed by atoms with van der Waals surface area (Å²) >= 11 is 5.30. The number of hydrogen-bond donors (Lipinski definition) is 2. The van der Waals surface area contributed by atoms with Gasteiger partial charge in [-0.05, 0) is 70.3 Å². The van der Waals surface area contributed by atoms with E-state index in [2.05, 4.69) is 54.6 Å². The van der Waals surface area contributed by atoms with Gasteiger partial charge >= 0.3 is 78.1 Å². The van der Waals surface area contributed by atoms with E-state index in [0.29, 0.717) is 48.4 Å². The first-order valence-corrected chi connectivity index (χ1v) is 35.0. The van der Waals surface area contributed by atoms with Crippen LogP contribution in [-0.4, -0.2) is 91.3 Å². The average Bonchev–Trinajstić information content (AvgIpc) is 4.18. The minimum atomic E-state index is -6.12. The van der Waals surface area contributed by atoms with Gasteiger partial charge in [0.1, 0.15) is 0 Å². The van der Waals surface area contributed by atoms with Crippen molar-refractivity contribution in [3.63, 3.8) is 0 Å². The number of fused-ring (bicyclic) bond motifs is 4. The van der Waals surface area contributed by atoms with E-state index in [-0.39, 0.29) is 103 Å². The van der Waals surface area contributed by atoms with Crippen LogP contribution in [0.15, 0.2) is 67.8 Å². The average molecular weight is 1400 g/mol. The molecule has 6 atom stereocenters. The minimum absolute atomic E-state index is 0. The number of alkyl halides is 3. The Balaban J connectivity index is 0.000000225. The largest absolute Gasteiger partial charge is 0 e. The molecule has 72 heavy (non-hydrogen) atoms. The van der Waals surface area contributed by atoms with Gasteiger partial charge in [-0.25, -0.2) is 0 Å². The predicted molar refractivity (Wildman–Crippen MR) is 259 cm³/mol. The molecule has 17 nitrogen and oxygen atoms in total. The molecule has 0 bridgehead atoms. The van der Waals surface area contributed by atoms with Crippen LogP contribution in [-0.2, 0) is 61.0 Å². The standard InChI is InChI=1S/C24H23F3O10S.C23H22O7.I3.V/c1-4-12-10-34-23(29)21(12)20(13-5-14(9-28)22(33-3)19(6-13)32-2)15-7-17-18(36-11-35-17)8-16(15)37-38(30,31)24(25,26)27;1-11-14-6-17-18(30-10-29-17)7-15(14)20(21-16(11)9-28-23(21)25)12-4-13(8-24)22(27-3)19(5-12)26-2;1-3-2;/h4-8,12,20-21,28H,1,9-11H2,2-3H3;4-7,16,20-21,24H,1,8-10H2,2-3H3;;/q;;-1;/t12-,20?,21?;16-,20?,21-;;/m01../s1. The van der Waals surface area contributed by atoms with E-state index in [1.807, 2.05) is 24.3 Å². The van der Waals surface area contributed by atoms with E-state index < -0.39 is 57.6 Å². The Morgan fingerprint density at radius 3 is 1.86 bits per heavy atom. The molecule has 0 spiro atoms. The van der Waals surface area contributed by atoms with Gasteiger partial charge in [-0.3, -0.25) is 9.59 Å². The zero-order valence-corrected chi connectivity index (χ0v) is 47.1. The van der Waals surface area contributed by atoms with E-state index in [9.17, 15) is 41.4 Å². The van der Waals surface area contributed by atoms with Gasteiger partial charge in [-0.15, -0.1) is 6.58 Å². The molecule has 5 aliphatic rings. The van der Waals surface area contributed by atoms with E-state index in [1.54, 1.807) is 7.11 Å². The molecule has 2 saturated heterocycles. The van der Waals surface area contributed by atoms with Gasteiger partial charge < -0.3 is 61.8 Å². The van der Waals surface area contributed by atoms with Crippen LogP contribution in [0.3, 0.4) is 0 Å². The number of carbonyl (C=O) groups is 2. The minimum Gasteiger partial charge on any atom is 0 e. The van der Waals surface area contributed by atoms with Crippen LogP contribution in [0.2, 0.25) is 0 Å². The molecular weight excluding hydrogens is 1360 g/mol. The van der Waals surface area contributed by atoms with Crippen LogP contribution >= 0.6 is 37.2 Å². The summed E-state index contributed by atoms with van der Waals surface area (Å²) in [5.41, 5.74) is -1.26. The first kappa shape index (κ1) is 57.2. The van der Waals surface area contributed by atoms with Gasteiger partial charge in [0.05, 0.1) is 66.7 Å². The maximum Gasteiger partial charge on any atom is 0 e. The van der Waals surface area contributed by atoms with Crippen LogP contribution in [0.1, 0.15) is 50.8 Å². The zero-order chi connectivity index (χ0) is 51.5. The molecule has 2 fully saturated rings. The first-order chi connectivity index (χ1) is 33.9. The molecular formula is C47H45F3I3O17SV-. The first-order valence-electron chi connectivity index (χ1n) is 21.0. The Hall–Kier alpha value is -4.07. The fraction of sp³-hybridized carbons (Fsp3) is 0.362. The number of benzene rings is 4. The molecule has 4 aliphatic heterocycles. The molecule has 2 N–H and O–H groups in total. The molecule has 3 unspecified atom stereocenters. The fourth-order valence-corrected chi connectivity index (χ4v) is 9.85. The molecule has 1 radical (unpaired) electrons. The van der Waals surface area contributed by atoms with Crippen LogP contribution < -0.4 is 55.3 Å². The number of hydrogen-bond acceptors (Lipinski definition) is 17. The Morgan fingerprint density at radius 2 is 1.31 bits per heavy atom. The summed E-state index contributed by atoms with van der Waals surface area (Å²) in [6.07, 6.45) is 1.45. The molecule has 1 aliphatic carbocycles. The summed E-state index contributed by atoms with van der Waals surface area (Å²) in [6, 6.07) is 12.7. The topological polar surface area (TPSA) is 210 Å². The van der Waals surface area contributed by atoms with Gasteiger partial charge in [-0.2, -0.15) is 21.6 Å². The second-order valence-electron chi connectivity index (χ2n) is 16.0. The predicted octanol–water partition coefficient (Wildman–Crippen LogP) is 4.91. The molecule has 0 aromatic heterocycles. The Morgan fingerprint density at radius 1 is 0.764 bits per heavy atom. The number of ether oxygens (including phenoxy) is 10. The molecule has 0 saturated carbocycles. The van der Waals surface area contributed by atoms with Gasteiger partial charge in [0.2, 0.25) is 13.6 Å². The van der Waals surface area contributed by atoms with Gasteiger partial charge in [0.15, 0.2) is 51.7 Å². The number of esters is 2. The molecule has 9 rings (SSSR count). The van der Waals surface area contributed by atoms with Crippen LogP contribution in [0.5, 0.6) is 51.7 Å². The van der Waals surface area contributed by atoms with Gasteiger partial charge in [0, 0.05) is 65.0 Å². The van der Waals surface area contributed by atoms with Gasteiger partial charge in [-0.1, -0.05) is 12.7 Å². The fourth-order valence-electron chi connectivity index (χ4n) is 9.37. The molecule has 25 heteroatoms. The van der Waals surface area contributed by atoms with E-state index in [0.717, 1.165) is 28.3 Å². The molecule has 389 valence electrons. The number of cyclic esters (lactones) is 2. The van der Waals surface area contributed by atoms with Gasteiger partial charge in [0.25, 0.3) is 0 Å². The Kier molecular flexibility index (Phi) is 19.1. The van der Waals surface area contributed by atoms with E-state index in [4.69, 9.17) is 47.4 Å². The molecule has 4 heterocycles. The van der Waals surface area contributed by atoms with Crippen molar-refractivity contribution >= 4 is 64.9 Å². The second kappa shape index (κ2) is 24.1. The maximum absolute atomic E-state index is 13.3.